The topological polar surface area (TPSA) is 55.8 Å². The molecule has 0 aliphatic carbocycles. The zero-order valence-corrected chi connectivity index (χ0v) is 19.2. The number of carbonyl (C=O) groups is 2. The van der Waals surface area contributed by atoms with Crippen molar-refractivity contribution in [2.24, 2.45) is 0 Å². The van der Waals surface area contributed by atoms with Gasteiger partial charge in [0.05, 0.1) is 12.0 Å². The molecule has 31 heavy (non-hydrogen) atoms. The van der Waals surface area contributed by atoms with E-state index in [0.717, 1.165) is 11.1 Å². The molecular formula is C25H28ClNO4. The molecule has 0 saturated carbocycles. The van der Waals surface area contributed by atoms with Crippen molar-refractivity contribution >= 4 is 23.3 Å². The number of hydrogen-bond acceptors (Lipinski definition) is 4. The minimum Gasteiger partial charge on any atom is -0.486 e. The molecule has 1 amide bonds. The lowest BCUT2D eigenvalue weighted by atomic mass is 9.81. The van der Waals surface area contributed by atoms with Gasteiger partial charge in [-0.15, -0.1) is 0 Å². The van der Waals surface area contributed by atoms with Crippen LogP contribution < -0.4 is 9.47 Å². The molecule has 0 radical (unpaired) electrons. The molecule has 0 aromatic heterocycles. The molecule has 0 bridgehead atoms. The quantitative estimate of drug-likeness (QED) is 0.661. The second kappa shape index (κ2) is 7.86. The maximum Gasteiger partial charge on any atom is 0.266 e. The van der Waals surface area contributed by atoms with Gasteiger partial charge in [-0.2, -0.15) is 0 Å². The van der Waals surface area contributed by atoms with Crippen molar-refractivity contribution in [3.8, 4) is 11.5 Å². The van der Waals surface area contributed by atoms with Crippen molar-refractivity contribution in [1.29, 1.82) is 0 Å². The Balaban J connectivity index is 1.45. The predicted molar refractivity (Wildman–Crippen MR) is 120 cm³/mol. The Kier molecular flexibility index (Phi) is 5.50. The highest BCUT2D eigenvalue weighted by Gasteiger charge is 2.46. The van der Waals surface area contributed by atoms with E-state index in [0.29, 0.717) is 54.4 Å². The van der Waals surface area contributed by atoms with E-state index < -0.39 is 11.2 Å². The Hall–Kier alpha value is -2.53. The van der Waals surface area contributed by atoms with Crippen molar-refractivity contribution in [1.82, 2.24) is 4.90 Å². The van der Waals surface area contributed by atoms with E-state index in [2.05, 4.69) is 0 Å². The van der Waals surface area contributed by atoms with Gasteiger partial charge in [0.25, 0.3) is 5.91 Å². The van der Waals surface area contributed by atoms with E-state index in [1.165, 1.54) is 0 Å². The molecular weight excluding hydrogens is 414 g/mol. The standard InChI is InChI=1S/C25H28ClNO4/c1-16-13-17(2)22-20(28)15-25(31-21(22)14-16)9-11-27(12-10-25)23(29)24(3,4)30-19-7-5-18(26)6-8-19/h5-8,13-14H,9-12,15H2,1-4H3. The number of nitrogens with zero attached hydrogens (tertiary/aromatic N) is 1. The molecule has 1 fully saturated rings. The Morgan fingerprint density at radius 1 is 1.13 bits per heavy atom. The van der Waals surface area contributed by atoms with Crippen molar-refractivity contribution in [2.45, 2.75) is 58.2 Å². The van der Waals surface area contributed by atoms with Gasteiger partial charge in [0.1, 0.15) is 17.1 Å². The molecule has 2 aromatic rings. The SMILES string of the molecule is Cc1cc(C)c2c(c1)OC1(CCN(C(=O)C(C)(C)Oc3ccc(Cl)cc3)CC1)CC2=O. The van der Waals surface area contributed by atoms with Crippen LogP contribution in [0.2, 0.25) is 5.02 Å². The fourth-order valence-corrected chi connectivity index (χ4v) is 4.76. The van der Waals surface area contributed by atoms with Gasteiger partial charge in [-0.25, -0.2) is 0 Å². The largest absolute Gasteiger partial charge is 0.486 e. The summed E-state index contributed by atoms with van der Waals surface area (Å²) >= 11 is 5.93. The summed E-state index contributed by atoms with van der Waals surface area (Å²) in [7, 11) is 0. The van der Waals surface area contributed by atoms with Gasteiger partial charge in [0, 0.05) is 31.0 Å². The van der Waals surface area contributed by atoms with Crippen molar-refractivity contribution in [2.75, 3.05) is 13.1 Å². The summed E-state index contributed by atoms with van der Waals surface area (Å²) in [5.41, 5.74) is 1.19. The second-order valence-electron chi connectivity index (χ2n) is 9.20. The van der Waals surface area contributed by atoms with Crippen molar-refractivity contribution in [3.05, 3.63) is 58.1 Å². The number of halogens is 1. The zero-order valence-electron chi connectivity index (χ0n) is 18.5. The van der Waals surface area contributed by atoms with E-state index in [1.807, 2.05) is 30.9 Å². The normalized spacial score (nSPS) is 17.8. The molecule has 5 nitrogen and oxygen atoms in total. The van der Waals surface area contributed by atoms with Gasteiger partial charge in [0.15, 0.2) is 11.4 Å². The molecule has 2 aliphatic rings. The van der Waals surface area contributed by atoms with Crippen LogP contribution in [0, 0.1) is 13.8 Å². The number of likely N-dealkylation sites (tertiary alicyclic amines) is 1. The maximum absolute atomic E-state index is 13.2. The molecule has 0 N–H and O–H groups in total. The summed E-state index contributed by atoms with van der Waals surface area (Å²) in [6, 6.07) is 10.9. The first kappa shape index (κ1) is 21.7. The third-order valence-corrected chi connectivity index (χ3v) is 6.45. The number of ether oxygens (including phenoxy) is 2. The Morgan fingerprint density at radius 3 is 2.42 bits per heavy atom. The molecule has 2 heterocycles. The van der Waals surface area contributed by atoms with Gasteiger partial charge >= 0.3 is 0 Å². The second-order valence-corrected chi connectivity index (χ2v) is 9.63. The summed E-state index contributed by atoms with van der Waals surface area (Å²) in [6.07, 6.45) is 1.60. The van der Waals surface area contributed by atoms with Gasteiger partial charge in [-0.05, 0) is 69.2 Å². The lowest BCUT2D eigenvalue weighted by molar-refractivity contribution is -0.149. The molecule has 1 spiro atoms. The number of carbonyl (C=O) groups excluding carboxylic acids is 2. The molecule has 164 valence electrons. The Labute approximate surface area is 188 Å². The highest BCUT2D eigenvalue weighted by Crippen LogP contribution is 2.41. The molecule has 0 atom stereocenters. The third kappa shape index (κ3) is 4.29. The van der Waals surface area contributed by atoms with Crippen LogP contribution in [-0.2, 0) is 4.79 Å². The summed E-state index contributed by atoms with van der Waals surface area (Å²) < 4.78 is 12.4. The summed E-state index contributed by atoms with van der Waals surface area (Å²) in [5, 5.41) is 0.617. The third-order valence-electron chi connectivity index (χ3n) is 6.20. The Morgan fingerprint density at radius 2 is 1.77 bits per heavy atom. The van der Waals surface area contributed by atoms with Crippen molar-refractivity contribution < 1.29 is 19.1 Å². The number of amides is 1. The minimum absolute atomic E-state index is 0.0773. The highest BCUT2D eigenvalue weighted by molar-refractivity contribution is 6.30. The monoisotopic (exact) mass is 441 g/mol. The van der Waals surface area contributed by atoms with Crippen LogP contribution in [0.3, 0.4) is 0 Å². The first-order valence-corrected chi connectivity index (χ1v) is 11.0. The van der Waals surface area contributed by atoms with Crippen LogP contribution >= 0.6 is 11.6 Å². The molecule has 6 heteroatoms. The lowest BCUT2D eigenvalue weighted by Gasteiger charge is -2.45. The molecule has 2 aromatic carbocycles. The van der Waals surface area contributed by atoms with Crippen LogP contribution in [0.25, 0.3) is 0 Å². The summed E-state index contributed by atoms with van der Waals surface area (Å²) in [5.74, 6) is 1.33. The number of Topliss-reactive ketones (excluding diaryl/α,β-unsaturated/α-hetero) is 1. The molecule has 2 aliphatic heterocycles. The molecule has 0 unspecified atom stereocenters. The fraction of sp³-hybridized carbons (Fsp3) is 0.440. The van der Waals surface area contributed by atoms with Gasteiger partial charge < -0.3 is 14.4 Å². The van der Waals surface area contributed by atoms with Crippen LogP contribution in [-0.4, -0.2) is 40.9 Å². The van der Waals surface area contributed by atoms with Crippen LogP contribution in [0.5, 0.6) is 11.5 Å². The summed E-state index contributed by atoms with van der Waals surface area (Å²) in [6.45, 7) is 8.56. The number of benzene rings is 2. The molecule has 1 saturated heterocycles. The van der Waals surface area contributed by atoms with E-state index in [4.69, 9.17) is 21.1 Å². The molecule has 4 rings (SSSR count). The number of ketones is 1. The summed E-state index contributed by atoms with van der Waals surface area (Å²) in [4.78, 5) is 27.9. The first-order valence-electron chi connectivity index (χ1n) is 10.7. The van der Waals surface area contributed by atoms with Crippen LogP contribution in [0.15, 0.2) is 36.4 Å². The van der Waals surface area contributed by atoms with Crippen molar-refractivity contribution in [3.63, 3.8) is 0 Å². The smallest absolute Gasteiger partial charge is 0.266 e. The van der Waals surface area contributed by atoms with Crippen LogP contribution in [0.1, 0.15) is 54.6 Å². The van der Waals surface area contributed by atoms with E-state index >= 15 is 0 Å². The average molecular weight is 442 g/mol. The highest BCUT2D eigenvalue weighted by atomic mass is 35.5. The van der Waals surface area contributed by atoms with Gasteiger partial charge in [0.2, 0.25) is 0 Å². The number of rotatable bonds is 3. The fourth-order valence-electron chi connectivity index (χ4n) is 4.63. The zero-order chi connectivity index (χ0) is 22.4. The van der Waals surface area contributed by atoms with Gasteiger partial charge in [-0.3, -0.25) is 9.59 Å². The minimum atomic E-state index is -1.01. The predicted octanol–water partition coefficient (Wildman–Crippen LogP) is 5.14. The maximum atomic E-state index is 13.2. The Bertz CT molecular complexity index is 1020. The first-order chi connectivity index (χ1) is 14.6. The van der Waals surface area contributed by atoms with Gasteiger partial charge in [-0.1, -0.05) is 17.7 Å². The average Bonchev–Trinajstić information content (AvgIpc) is 2.68. The number of hydrogen-bond donors (Lipinski definition) is 0. The number of fused-ring (bicyclic) bond motifs is 1. The van der Waals surface area contributed by atoms with E-state index in [9.17, 15) is 9.59 Å². The lowest BCUT2D eigenvalue weighted by Crippen LogP contribution is -2.56. The number of aryl methyl sites for hydroxylation is 2. The van der Waals surface area contributed by atoms with Crippen LogP contribution in [0.4, 0.5) is 0 Å². The van der Waals surface area contributed by atoms with E-state index in [1.54, 1.807) is 38.1 Å². The number of piperidine rings is 1. The van der Waals surface area contributed by atoms with E-state index in [-0.39, 0.29) is 11.7 Å².